The number of rotatable bonds is 5. The maximum absolute atomic E-state index is 12.9. The predicted octanol–water partition coefficient (Wildman–Crippen LogP) is 2.97. The van der Waals surface area contributed by atoms with E-state index in [4.69, 9.17) is 9.84 Å². The van der Waals surface area contributed by atoms with Gasteiger partial charge in [-0.05, 0) is 43.3 Å². The zero-order valence-corrected chi connectivity index (χ0v) is 16.7. The summed E-state index contributed by atoms with van der Waals surface area (Å²) in [7, 11) is 0. The Hall–Kier alpha value is -3.46. The van der Waals surface area contributed by atoms with E-state index in [0.29, 0.717) is 5.56 Å². The van der Waals surface area contributed by atoms with Gasteiger partial charge in [0.2, 0.25) is 0 Å². The highest BCUT2D eigenvalue weighted by atomic mass is 79.9. The first-order chi connectivity index (χ1) is 13.8. The number of carbonyl (C=O) groups excluding carboxylic acids is 3. The third-order valence-electron chi connectivity index (χ3n) is 4.06. The molecule has 0 unspecified atom stereocenters. The van der Waals surface area contributed by atoms with Gasteiger partial charge in [-0.2, -0.15) is 0 Å². The second-order valence-electron chi connectivity index (χ2n) is 6.07. The van der Waals surface area contributed by atoms with Gasteiger partial charge in [0.1, 0.15) is 11.3 Å². The number of carboxylic acid groups (broad SMARTS) is 1. The standard InChI is InChI=1S/C20H15BrN2O6/c1-11(19(26)27)29-16-5-3-2-4-12(16)10-15-17(24)22-20(28)23(18(15)25)14-8-6-13(21)7-9-14/h2-11H,1H3,(H,26,27)(H,22,24,28)/b15-10+/t11-/m1/s1. The molecule has 0 spiro atoms. The number of nitrogens with zero attached hydrogens (tertiary/aromatic N) is 1. The molecule has 3 rings (SSSR count). The first kappa shape index (κ1) is 20.3. The number of nitrogens with one attached hydrogen (secondary N) is 1. The van der Waals surface area contributed by atoms with E-state index < -0.39 is 29.9 Å². The maximum Gasteiger partial charge on any atom is 0.344 e. The number of urea groups is 1. The summed E-state index contributed by atoms with van der Waals surface area (Å²) in [6.45, 7) is 1.36. The van der Waals surface area contributed by atoms with E-state index in [2.05, 4.69) is 21.2 Å². The number of hydrogen-bond acceptors (Lipinski definition) is 5. The molecular formula is C20H15BrN2O6. The van der Waals surface area contributed by atoms with E-state index in [1.165, 1.54) is 19.1 Å². The molecule has 1 aliphatic heterocycles. The lowest BCUT2D eigenvalue weighted by atomic mass is 10.1. The molecule has 1 saturated heterocycles. The number of benzene rings is 2. The second-order valence-corrected chi connectivity index (χ2v) is 6.99. The van der Waals surface area contributed by atoms with Crippen molar-refractivity contribution in [3.05, 3.63) is 64.1 Å². The van der Waals surface area contributed by atoms with Crippen LogP contribution in [-0.4, -0.2) is 35.0 Å². The Balaban J connectivity index is 1.99. The summed E-state index contributed by atoms with van der Waals surface area (Å²) in [4.78, 5) is 49.4. The molecule has 0 radical (unpaired) electrons. The molecule has 1 atom stereocenters. The predicted molar refractivity (Wildman–Crippen MR) is 107 cm³/mol. The average molecular weight is 459 g/mol. The lowest BCUT2D eigenvalue weighted by Gasteiger charge is -2.26. The van der Waals surface area contributed by atoms with Crippen LogP contribution in [0.5, 0.6) is 5.75 Å². The lowest BCUT2D eigenvalue weighted by molar-refractivity contribution is -0.144. The van der Waals surface area contributed by atoms with Crippen LogP contribution >= 0.6 is 15.9 Å². The van der Waals surface area contributed by atoms with Gasteiger partial charge in [-0.1, -0.05) is 34.1 Å². The van der Waals surface area contributed by atoms with E-state index in [9.17, 15) is 19.2 Å². The van der Waals surface area contributed by atoms with Crippen molar-refractivity contribution in [2.24, 2.45) is 0 Å². The third kappa shape index (κ3) is 4.35. The van der Waals surface area contributed by atoms with Crippen LogP contribution in [0.2, 0.25) is 0 Å². The smallest absolute Gasteiger partial charge is 0.344 e. The SMILES string of the molecule is C[C@@H](Oc1ccccc1/C=C1\C(=O)NC(=O)N(c2ccc(Br)cc2)C1=O)C(=O)O. The van der Waals surface area contributed by atoms with Gasteiger partial charge in [-0.25, -0.2) is 14.5 Å². The third-order valence-corrected chi connectivity index (χ3v) is 4.59. The van der Waals surface area contributed by atoms with Crippen LogP contribution in [0.4, 0.5) is 10.5 Å². The molecule has 1 heterocycles. The molecular weight excluding hydrogens is 444 g/mol. The second kappa shape index (κ2) is 8.27. The number of hydrogen-bond donors (Lipinski definition) is 2. The zero-order valence-electron chi connectivity index (χ0n) is 15.1. The molecule has 29 heavy (non-hydrogen) atoms. The zero-order chi connectivity index (χ0) is 21.1. The first-order valence-electron chi connectivity index (χ1n) is 8.43. The maximum atomic E-state index is 12.9. The Labute approximate surface area is 173 Å². The van der Waals surface area contributed by atoms with E-state index in [-0.39, 0.29) is 17.0 Å². The molecule has 4 amide bonds. The van der Waals surface area contributed by atoms with Crippen LogP contribution < -0.4 is 15.0 Å². The summed E-state index contributed by atoms with van der Waals surface area (Å²) in [6.07, 6.45) is 0.131. The Morgan fingerprint density at radius 1 is 1.14 bits per heavy atom. The van der Waals surface area contributed by atoms with E-state index in [1.807, 2.05) is 0 Å². The van der Waals surface area contributed by atoms with Gasteiger partial charge in [0.05, 0.1) is 5.69 Å². The van der Waals surface area contributed by atoms with Gasteiger partial charge < -0.3 is 9.84 Å². The Bertz CT molecular complexity index is 1030. The van der Waals surface area contributed by atoms with Gasteiger partial charge in [0.15, 0.2) is 6.10 Å². The summed E-state index contributed by atoms with van der Waals surface area (Å²) in [5.74, 6) is -2.63. The fraction of sp³-hybridized carbons (Fsp3) is 0.100. The summed E-state index contributed by atoms with van der Waals surface area (Å²) in [5, 5.41) is 11.2. The van der Waals surface area contributed by atoms with Crippen molar-refractivity contribution in [1.82, 2.24) is 5.32 Å². The molecule has 0 aliphatic carbocycles. The fourth-order valence-electron chi connectivity index (χ4n) is 2.59. The Morgan fingerprint density at radius 3 is 2.45 bits per heavy atom. The highest BCUT2D eigenvalue weighted by Crippen LogP contribution is 2.26. The molecule has 2 N–H and O–H groups in total. The molecule has 2 aromatic rings. The number of ether oxygens (including phenoxy) is 1. The van der Waals surface area contributed by atoms with Gasteiger partial charge in [-0.15, -0.1) is 0 Å². The molecule has 2 aromatic carbocycles. The minimum atomic E-state index is -1.16. The highest BCUT2D eigenvalue weighted by Gasteiger charge is 2.37. The number of carboxylic acids is 1. The van der Waals surface area contributed by atoms with Crippen LogP contribution in [0.1, 0.15) is 12.5 Å². The Morgan fingerprint density at radius 2 is 1.79 bits per heavy atom. The molecule has 1 fully saturated rings. The van der Waals surface area contributed by atoms with Crippen molar-refractivity contribution in [3.8, 4) is 5.75 Å². The molecule has 0 aromatic heterocycles. The van der Waals surface area contributed by atoms with E-state index in [1.54, 1.807) is 42.5 Å². The van der Waals surface area contributed by atoms with E-state index in [0.717, 1.165) is 9.37 Å². The monoisotopic (exact) mass is 458 g/mol. The number of amides is 4. The van der Waals surface area contributed by atoms with Crippen molar-refractivity contribution in [2.75, 3.05) is 4.90 Å². The van der Waals surface area contributed by atoms with Crippen LogP contribution in [0.25, 0.3) is 6.08 Å². The number of barbiturate groups is 1. The number of anilines is 1. The number of halogens is 1. The normalized spacial score (nSPS) is 16.6. The minimum absolute atomic E-state index is 0.183. The number of para-hydroxylation sites is 1. The van der Waals surface area contributed by atoms with Crippen molar-refractivity contribution >= 4 is 51.5 Å². The van der Waals surface area contributed by atoms with Crippen LogP contribution in [0, 0.1) is 0 Å². The number of carbonyl (C=O) groups is 4. The van der Waals surface area contributed by atoms with Gasteiger partial charge >= 0.3 is 12.0 Å². The quantitative estimate of drug-likeness (QED) is 0.525. The van der Waals surface area contributed by atoms with Gasteiger partial charge in [-0.3, -0.25) is 14.9 Å². The summed E-state index contributed by atoms with van der Waals surface area (Å²) >= 11 is 3.28. The molecule has 9 heteroatoms. The van der Waals surface area contributed by atoms with Crippen LogP contribution in [0.3, 0.4) is 0 Å². The summed E-state index contributed by atoms with van der Waals surface area (Å²) < 4.78 is 6.15. The van der Waals surface area contributed by atoms with Gasteiger partial charge in [0.25, 0.3) is 11.8 Å². The molecule has 0 bridgehead atoms. The number of imide groups is 2. The van der Waals surface area contributed by atoms with Gasteiger partial charge in [0, 0.05) is 10.0 Å². The average Bonchev–Trinajstić information content (AvgIpc) is 2.67. The lowest BCUT2D eigenvalue weighted by Crippen LogP contribution is -2.54. The van der Waals surface area contributed by atoms with Crippen LogP contribution in [-0.2, 0) is 14.4 Å². The largest absolute Gasteiger partial charge is 0.479 e. The summed E-state index contributed by atoms with van der Waals surface area (Å²) in [5.41, 5.74) is 0.328. The molecule has 1 aliphatic rings. The summed E-state index contributed by atoms with van der Waals surface area (Å²) in [6, 6.07) is 11.9. The molecule has 0 saturated carbocycles. The molecule has 148 valence electrons. The first-order valence-corrected chi connectivity index (χ1v) is 9.22. The van der Waals surface area contributed by atoms with Crippen molar-refractivity contribution < 1.29 is 29.0 Å². The van der Waals surface area contributed by atoms with Crippen molar-refractivity contribution in [1.29, 1.82) is 0 Å². The topological polar surface area (TPSA) is 113 Å². The minimum Gasteiger partial charge on any atom is -0.479 e. The van der Waals surface area contributed by atoms with E-state index >= 15 is 0 Å². The molecule has 8 nitrogen and oxygen atoms in total. The Kier molecular flexibility index (Phi) is 5.79. The van der Waals surface area contributed by atoms with Crippen molar-refractivity contribution in [3.63, 3.8) is 0 Å². The highest BCUT2D eigenvalue weighted by molar-refractivity contribution is 9.10. The van der Waals surface area contributed by atoms with Crippen LogP contribution in [0.15, 0.2) is 58.6 Å². The van der Waals surface area contributed by atoms with Crippen molar-refractivity contribution in [2.45, 2.75) is 13.0 Å². The fourth-order valence-corrected chi connectivity index (χ4v) is 2.85. The number of aliphatic carboxylic acids is 1.